The fraction of sp³-hybridized carbons (Fsp3) is 0.600. The molecule has 1 unspecified atom stereocenters. The van der Waals surface area contributed by atoms with Crippen molar-refractivity contribution in [2.24, 2.45) is 0 Å². The number of nitrogens with one attached hydrogen (secondary N) is 2. The molecule has 2 aliphatic rings. The summed E-state index contributed by atoms with van der Waals surface area (Å²) in [5.41, 5.74) is 1.08. The number of aryl methyl sites for hydroxylation is 1. The van der Waals surface area contributed by atoms with E-state index in [0.29, 0.717) is 36.2 Å². The lowest BCUT2D eigenvalue weighted by Crippen LogP contribution is -2.45. The van der Waals surface area contributed by atoms with E-state index in [-0.39, 0.29) is 24.3 Å². The average Bonchev–Trinajstić information content (AvgIpc) is 3.33. The van der Waals surface area contributed by atoms with Crippen LogP contribution in [0.15, 0.2) is 16.7 Å². The summed E-state index contributed by atoms with van der Waals surface area (Å²) in [6.45, 7) is 5.94. The van der Waals surface area contributed by atoms with Crippen LogP contribution in [0.1, 0.15) is 83.0 Å². The van der Waals surface area contributed by atoms with E-state index in [1.807, 2.05) is 26.0 Å². The molecule has 1 aliphatic heterocycles. The topological polar surface area (TPSA) is 116 Å². The lowest BCUT2D eigenvalue weighted by atomic mass is 9.89. The van der Waals surface area contributed by atoms with Gasteiger partial charge in [0.2, 0.25) is 17.7 Å². The van der Waals surface area contributed by atoms with Crippen molar-refractivity contribution in [2.45, 2.75) is 90.2 Å². The Morgan fingerprint density at radius 1 is 1.21 bits per heavy atom. The van der Waals surface area contributed by atoms with E-state index in [1.54, 1.807) is 0 Å². The second-order valence-corrected chi connectivity index (χ2v) is 9.26. The molecule has 2 aromatic rings. The Morgan fingerprint density at radius 3 is 2.68 bits per heavy atom. The van der Waals surface area contributed by atoms with Crippen molar-refractivity contribution in [3.63, 3.8) is 0 Å². The first-order valence-corrected chi connectivity index (χ1v) is 12.3. The summed E-state index contributed by atoms with van der Waals surface area (Å²) in [6, 6.07) is 3.77. The van der Waals surface area contributed by atoms with E-state index >= 15 is 0 Å². The summed E-state index contributed by atoms with van der Waals surface area (Å²) in [4.78, 5) is 29.2. The number of anilines is 1. The number of ether oxygens (including phenoxy) is 2. The first-order chi connectivity index (χ1) is 16.4. The van der Waals surface area contributed by atoms with Gasteiger partial charge in [-0.2, -0.15) is 4.98 Å². The van der Waals surface area contributed by atoms with E-state index in [4.69, 9.17) is 14.0 Å². The minimum atomic E-state index is -0.597. The third-order valence-corrected chi connectivity index (χ3v) is 6.41. The van der Waals surface area contributed by atoms with Gasteiger partial charge in [-0.25, -0.2) is 0 Å². The van der Waals surface area contributed by atoms with Gasteiger partial charge in [0.15, 0.2) is 5.82 Å². The molecule has 0 saturated heterocycles. The molecular formula is C25H34N4O5. The molecule has 1 aromatic heterocycles. The quantitative estimate of drug-likeness (QED) is 0.559. The Bertz CT molecular complexity index is 1030. The zero-order valence-corrected chi connectivity index (χ0v) is 20.2. The van der Waals surface area contributed by atoms with Crippen LogP contribution in [0.2, 0.25) is 0 Å². The highest BCUT2D eigenvalue weighted by Gasteiger charge is 2.38. The fourth-order valence-electron chi connectivity index (χ4n) is 4.87. The Balaban J connectivity index is 1.41. The Kier molecular flexibility index (Phi) is 7.38. The third kappa shape index (κ3) is 5.51. The van der Waals surface area contributed by atoms with Crippen LogP contribution in [0.25, 0.3) is 0 Å². The average molecular weight is 471 g/mol. The molecule has 0 bridgehead atoms. The van der Waals surface area contributed by atoms with Crippen molar-refractivity contribution in [1.29, 1.82) is 0 Å². The molecule has 0 spiro atoms. The maximum absolute atomic E-state index is 12.7. The van der Waals surface area contributed by atoms with Crippen LogP contribution in [-0.2, 0) is 28.0 Å². The van der Waals surface area contributed by atoms with Crippen LogP contribution in [0.5, 0.6) is 11.5 Å². The molecule has 1 aromatic carbocycles. The molecule has 2 heterocycles. The number of fused-ring (bicyclic) bond motifs is 1. The van der Waals surface area contributed by atoms with Gasteiger partial charge in [0, 0.05) is 37.8 Å². The number of amides is 2. The maximum Gasteiger partial charge on any atom is 0.227 e. The predicted molar refractivity (Wildman–Crippen MR) is 126 cm³/mol. The number of rotatable bonds is 8. The van der Waals surface area contributed by atoms with Crippen molar-refractivity contribution in [3.05, 3.63) is 29.4 Å². The second-order valence-electron chi connectivity index (χ2n) is 9.26. The van der Waals surface area contributed by atoms with Gasteiger partial charge in [0.05, 0.1) is 12.3 Å². The first kappa shape index (κ1) is 24.0. The zero-order chi connectivity index (χ0) is 24.1. The molecule has 9 nitrogen and oxygen atoms in total. The van der Waals surface area contributed by atoms with E-state index in [9.17, 15) is 9.59 Å². The largest absolute Gasteiger partial charge is 0.492 e. The maximum atomic E-state index is 12.7. The lowest BCUT2D eigenvalue weighted by Gasteiger charge is -2.30. The molecule has 184 valence electrons. The van der Waals surface area contributed by atoms with Gasteiger partial charge in [-0.05, 0) is 32.8 Å². The van der Waals surface area contributed by atoms with Gasteiger partial charge in [-0.1, -0.05) is 30.8 Å². The van der Waals surface area contributed by atoms with Crippen LogP contribution < -0.4 is 20.1 Å². The standard InChI is InChI=1S/C25H34N4O5/c1-4-32-21-14-18-13-16(2)33-20(18)15-19(21)26-22(31)9-10-23-27-24(29-34-23)25(28-17(3)30)11-7-5-6-8-12-25/h14-16H,4-13H2,1-3H3,(H,26,31)(H,28,30). The molecule has 2 amide bonds. The molecule has 1 saturated carbocycles. The molecule has 1 atom stereocenters. The van der Waals surface area contributed by atoms with Gasteiger partial charge in [-0.3, -0.25) is 9.59 Å². The smallest absolute Gasteiger partial charge is 0.227 e. The summed E-state index contributed by atoms with van der Waals surface area (Å²) >= 11 is 0. The van der Waals surface area contributed by atoms with E-state index in [0.717, 1.165) is 56.3 Å². The lowest BCUT2D eigenvalue weighted by molar-refractivity contribution is -0.121. The summed E-state index contributed by atoms with van der Waals surface area (Å²) in [6.07, 6.45) is 7.23. The molecule has 1 aliphatic carbocycles. The first-order valence-electron chi connectivity index (χ1n) is 12.3. The molecule has 0 radical (unpaired) electrons. The number of aromatic nitrogens is 2. The van der Waals surface area contributed by atoms with Gasteiger partial charge in [0.25, 0.3) is 0 Å². The summed E-state index contributed by atoms with van der Waals surface area (Å²) in [5.74, 6) is 2.01. The number of benzene rings is 1. The molecular weight excluding hydrogens is 436 g/mol. The Labute approximate surface area is 200 Å². The highest BCUT2D eigenvalue weighted by Crippen LogP contribution is 2.38. The van der Waals surface area contributed by atoms with Crippen molar-refractivity contribution >= 4 is 17.5 Å². The van der Waals surface area contributed by atoms with Crippen LogP contribution >= 0.6 is 0 Å². The van der Waals surface area contributed by atoms with Crippen molar-refractivity contribution in [3.8, 4) is 11.5 Å². The second kappa shape index (κ2) is 10.4. The molecule has 1 fully saturated rings. The highest BCUT2D eigenvalue weighted by atomic mass is 16.5. The highest BCUT2D eigenvalue weighted by molar-refractivity contribution is 5.92. The number of hydrogen-bond acceptors (Lipinski definition) is 7. The minimum absolute atomic E-state index is 0.106. The molecule has 2 N–H and O–H groups in total. The summed E-state index contributed by atoms with van der Waals surface area (Å²) < 4.78 is 17.0. The summed E-state index contributed by atoms with van der Waals surface area (Å²) in [5, 5.41) is 10.2. The van der Waals surface area contributed by atoms with Crippen LogP contribution in [0.4, 0.5) is 5.69 Å². The van der Waals surface area contributed by atoms with Crippen LogP contribution in [-0.4, -0.2) is 34.7 Å². The van der Waals surface area contributed by atoms with Crippen molar-refractivity contribution in [2.75, 3.05) is 11.9 Å². The van der Waals surface area contributed by atoms with Gasteiger partial charge < -0.3 is 24.6 Å². The third-order valence-electron chi connectivity index (χ3n) is 6.41. The van der Waals surface area contributed by atoms with E-state index in [1.165, 1.54) is 6.92 Å². The fourth-order valence-corrected chi connectivity index (χ4v) is 4.87. The molecule has 4 rings (SSSR count). The molecule has 9 heteroatoms. The van der Waals surface area contributed by atoms with Crippen molar-refractivity contribution in [1.82, 2.24) is 15.5 Å². The number of nitrogens with zero attached hydrogens (tertiary/aromatic N) is 2. The number of carbonyl (C=O) groups excluding carboxylic acids is 2. The van der Waals surface area contributed by atoms with Gasteiger partial charge >= 0.3 is 0 Å². The zero-order valence-electron chi connectivity index (χ0n) is 20.2. The normalized spacial score (nSPS) is 19.0. The Hall–Kier alpha value is -3.10. The van der Waals surface area contributed by atoms with Gasteiger partial charge in [0.1, 0.15) is 23.1 Å². The molecule has 34 heavy (non-hydrogen) atoms. The monoisotopic (exact) mass is 470 g/mol. The number of hydrogen-bond donors (Lipinski definition) is 2. The van der Waals surface area contributed by atoms with E-state index < -0.39 is 5.54 Å². The van der Waals surface area contributed by atoms with Gasteiger partial charge in [-0.15, -0.1) is 0 Å². The minimum Gasteiger partial charge on any atom is -0.492 e. The van der Waals surface area contributed by atoms with Crippen LogP contribution in [0, 0.1) is 0 Å². The SMILES string of the molecule is CCOc1cc2c(cc1NC(=O)CCc1nc(C3(NC(C)=O)CCCCCC3)no1)OC(C)C2. The van der Waals surface area contributed by atoms with E-state index in [2.05, 4.69) is 20.8 Å². The predicted octanol–water partition coefficient (Wildman–Crippen LogP) is 4.05. The van der Waals surface area contributed by atoms with Crippen molar-refractivity contribution < 1.29 is 23.6 Å². The Morgan fingerprint density at radius 2 is 1.97 bits per heavy atom. The summed E-state index contributed by atoms with van der Waals surface area (Å²) in [7, 11) is 0. The number of carbonyl (C=O) groups is 2. The van der Waals surface area contributed by atoms with Crippen LogP contribution in [0.3, 0.4) is 0 Å².